The van der Waals surface area contributed by atoms with Gasteiger partial charge in [0.05, 0.1) is 24.9 Å². The van der Waals surface area contributed by atoms with E-state index in [1.54, 1.807) is 47.2 Å². The lowest BCUT2D eigenvalue weighted by atomic mass is 10.1. The van der Waals surface area contributed by atoms with Gasteiger partial charge in [-0.05, 0) is 49.2 Å². The Morgan fingerprint density at radius 3 is 2.74 bits per heavy atom. The lowest BCUT2D eigenvalue weighted by molar-refractivity contribution is -0.0591. The number of hydrogen-bond donors (Lipinski definition) is 1. The van der Waals surface area contributed by atoms with Gasteiger partial charge in [-0.1, -0.05) is 23.7 Å². The number of carbonyl (C=O) groups is 1. The predicted octanol–water partition coefficient (Wildman–Crippen LogP) is 4.87. The van der Waals surface area contributed by atoms with Gasteiger partial charge in [0, 0.05) is 41.1 Å². The summed E-state index contributed by atoms with van der Waals surface area (Å²) >= 11 is 5.82. The normalized spacial score (nSPS) is 14.6. The zero-order valence-corrected chi connectivity index (χ0v) is 23.2. The molecular weight excluding hydrogens is 565 g/mol. The predicted molar refractivity (Wildman–Crippen MR) is 152 cm³/mol. The minimum atomic E-state index is -1.13. The number of ether oxygens (including phenoxy) is 2. The Hall–Kier alpha value is -4.61. The van der Waals surface area contributed by atoms with Crippen molar-refractivity contribution in [2.24, 2.45) is 0 Å². The van der Waals surface area contributed by atoms with Gasteiger partial charge in [0.1, 0.15) is 23.8 Å². The maximum absolute atomic E-state index is 14.1. The molecule has 1 unspecified atom stereocenters. The van der Waals surface area contributed by atoms with Crippen molar-refractivity contribution >= 4 is 28.7 Å². The molecule has 6 rings (SSSR count). The Morgan fingerprint density at radius 2 is 2.00 bits per heavy atom. The van der Waals surface area contributed by atoms with E-state index in [1.165, 1.54) is 18.2 Å². The van der Waals surface area contributed by atoms with Gasteiger partial charge in [0.25, 0.3) is 5.56 Å². The molecule has 1 fully saturated rings. The highest BCUT2D eigenvalue weighted by atomic mass is 35.5. The maximum atomic E-state index is 14.1. The van der Waals surface area contributed by atoms with E-state index in [-0.39, 0.29) is 36.4 Å². The Kier molecular flexibility index (Phi) is 7.44. The summed E-state index contributed by atoms with van der Waals surface area (Å²) in [6.07, 6.45) is 2.57. The molecule has 1 aromatic carbocycles. The first-order valence-corrected chi connectivity index (χ1v) is 13.6. The fourth-order valence-electron chi connectivity index (χ4n) is 4.79. The first kappa shape index (κ1) is 27.6. The Morgan fingerprint density at radius 1 is 1.17 bits per heavy atom. The molecule has 0 amide bonds. The number of rotatable bonds is 9. The minimum absolute atomic E-state index is 0.0320. The van der Waals surface area contributed by atoms with Crippen LogP contribution in [0.25, 0.3) is 22.4 Å². The quantitative estimate of drug-likeness (QED) is 0.258. The molecular formula is C30H25ClFN5O5. The number of carboxylic acids is 1. The van der Waals surface area contributed by atoms with Gasteiger partial charge in [-0.2, -0.15) is 0 Å². The molecule has 10 nitrogen and oxygen atoms in total. The molecule has 0 aliphatic carbocycles. The first-order chi connectivity index (χ1) is 20.2. The standard InChI is InChI=1S/C30H25ClFN5O5/c1-17-13-36(15-26-33-24-7-8-25(30(39)40)35-29(24)37(26)14-20-9-10-41-20)28(38)12-21(17)23-3-2-4-27(34-23)42-16-18-5-6-19(31)11-22(18)32/h2-8,11-13,20H,9-10,14-16H2,1H3,(H,39,40). The summed E-state index contributed by atoms with van der Waals surface area (Å²) in [5.74, 6) is -0.753. The summed E-state index contributed by atoms with van der Waals surface area (Å²) in [5, 5.41) is 9.73. The fourth-order valence-corrected chi connectivity index (χ4v) is 4.95. The van der Waals surface area contributed by atoms with Gasteiger partial charge in [-0.3, -0.25) is 4.79 Å². The van der Waals surface area contributed by atoms with Gasteiger partial charge >= 0.3 is 5.97 Å². The lowest BCUT2D eigenvalue weighted by Gasteiger charge is -2.27. The fraction of sp³-hybridized carbons (Fsp3) is 0.233. The average molecular weight is 590 g/mol. The zero-order valence-electron chi connectivity index (χ0n) is 22.5. The van der Waals surface area contributed by atoms with Crippen LogP contribution in [0, 0.1) is 12.7 Å². The molecule has 12 heteroatoms. The van der Waals surface area contributed by atoms with Crippen molar-refractivity contribution in [3.05, 3.63) is 105 Å². The number of pyridine rings is 3. The minimum Gasteiger partial charge on any atom is -0.477 e. The third kappa shape index (κ3) is 5.61. The highest BCUT2D eigenvalue weighted by molar-refractivity contribution is 6.30. The second-order valence-electron chi connectivity index (χ2n) is 9.99. The third-order valence-electron chi connectivity index (χ3n) is 7.10. The van der Waals surface area contributed by atoms with Crippen molar-refractivity contribution in [3.8, 4) is 17.1 Å². The zero-order chi connectivity index (χ0) is 29.4. The molecule has 1 atom stereocenters. The van der Waals surface area contributed by atoms with Gasteiger partial charge in [0.2, 0.25) is 5.88 Å². The molecule has 214 valence electrons. The number of aryl methyl sites for hydroxylation is 1. The molecule has 0 saturated carbocycles. The number of aromatic carboxylic acids is 1. The second kappa shape index (κ2) is 11.3. The van der Waals surface area contributed by atoms with Crippen molar-refractivity contribution in [3.63, 3.8) is 0 Å². The van der Waals surface area contributed by atoms with Crippen LogP contribution in [0.15, 0.2) is 65.6 Å². The van der Waals surface area contributed by atoms with E-state index in [0.717, 1.165) is 12.0 Å². The molecule has 4 aromatic heterocycles. The second-order valence-corrected chi connectivity index (χ2v) is 10.4. The van der Waals surface area contributed by atoms with Crippen molar-refractivity contribution in [2.45, 2.75) is 39.1 Å². The summed E-state index contributed by atoms with van der Waals surface area (Å²) in [7, 11) is 0. The number of halogens is 2. The van der Waals surface area contributed by atoms with Gasteiger partial charge in [-0.25, -0.2) is 24.1 Å². The number of nitrogens with zero attached hydrogens (tertiary/aromatic N) is 5. The molecule has 5 heterocycles. The van der Waals surface area contributed by atoms with E-state index in [0.29, 0.717) is 52.0 Å². The first-order valence-electron chi connectivity index (χ1n) is 13.2. The third-order valence-corrected chi connectivity index (χ3v) is 7.33. The molecule has 1 N–H and O–H groups in total. The van der Waals surface area contributed by atoms with Crippen molar-refractivity contribution in [1.82, 2.24) is 24.1 Å². The van der Waals surface area contributed by atoms with Crippen LogP contribution in [0.4, 0.5) is 4.39 Å². The molecule has 1 aliphatic heterocycles. The summed E-state index contributed by atoms with van der Waals surface area (Å²) in [5.41, 5.74) is 2.91. The van der Waals surface area contributed by atoms with Crippen LogP contribution in [0.1, 0.15) is 33.9 Å². The summed E-state index contributed by atoms with van der Waals surface area (Å²) in [4.78, 5) is 38.3. The van der Waals surface area contributed by atoms with Crippen molar-refractivity contribution in [1.29, 1.82) is 0 Å². The summed E-state index contributed by atoms with van der Waals surface area (Å²) in [6, 6.07) is 14.1. The SMILES string of the molecule is Cc1cn(Cc2nc3ccc(C(=O)O)nc3n2CC2CCO2)c(=O)cc1-c1cccc(OCc2ccc(Cl)cc2F)n1. The van der Waals surface area contributed by atoms with Crippen molar-refractivity contribution < 1.29 is 23.8 Å². The van der Waals surface area contributed by atoms with Crippen LogP contribution in [0.3, 0.4) is 0 Å². The van der Waals surface area contributed by atoms with Gasteiger partial charge in [-0.15, -0.1) is 0 Å². The molecule has 42 heavy (non-hydrogen) atoms. The highest BCUT2D eigenvalue weighted by Gasteiger charge is 2.23. The van der Waals surface area contributed by atoms with Crippen molar-refractivity contribution in [2.75, 3.05) is 6.61 Å². The molecule has 1 saturated heterocycles. The van der Waals surface area contributed by atoms with E-state index in [9.17, 15) is 19.1 Å². The Balaban J connectivity index is 1.27. The maximum Gasteiger partial charge on any atom is 0.354 e. The highest BCUT2D eigenvalue weighted by Crippen LogP contribution is 2.25. The summed E-state index contributed by atoms with van der Waals surface area (Å²) < 4.78 is 28.8. The van der Waals surface area contributed by atoms with E-state index >= 15 is 0 Å². The number of hydrogen-bond acceptors (Lipinski definition) is 7. The van der Waals surface area contributed by atoms with E-state index in [1.807, 2.05) is 11.5 Å². The van der Waals surface area contributed by atoms with Crippen LogP contribution < -0.4 is 10.3 Å². The van der Waals surface area contributed by atoms with Crippen LogP contribution in [-0.2, 0) is 24.4 Å². The number of carboxylic acid groups (broad SMARTS) is 1. The van der Waals surface area contributed by atoms with Crippen LogP contribution in [0.2, 0.25) is 5.02 Å². The largest absolute Gasteiger partial charge is 0.477 e. The number of aromatic nitrogens is 5. The van der Waals surface area contributed by atoms with E-state index in [4.69, 9.17) is 21.1 Å². The molecule has 0 bridgehead atoms. The number of benzene rings is 1. The monoisotopic (exact) mass is 589 g/mol. The smallest absolute Gasteiger partial charge is 0.354 e. The topological polar surface area (TPSA) is 121 Å². The molecule has 0 radical (unpaired) electrons. The summed E-state index contributed by atoms with van der Waals surface area (Å²) in [6.45, 7) is 3.10. The molecule has 5 aromatic rings. The molecule has 0 spiro atoms. The van der Waals surface area contributed by atoms with Gasteiger partial charge < -0.3 is 23.7 Å². The lowest BCUT2D eigenvalue weighted by Crippen LogP contribution is -2.32. The Bertz CT molecular complexity index is 1880. The van der Waals surface area contributed by atoms with Gasteiger partial charge in [0.15, 0.2) is 11.3 Å². The van der Waals surface area contributed by atoms with Crippen LogP contribution in [0.5, 0.6) is 5.88 Å². The van der Waals surface area contributed by atoms with E-state index < -0.39 is 11.8 Å². The average Bonchev–Trinajstić information content (AvgIpc) is 3.28. The van der Waals surface area contributed by atoms with E-state index in [2.05, 4.69) is 15.0 Å². The Labute approximate surface area is 244 Å². The van der Waals surface area contributed by atoms with Crippen LogP contribution in [-0.4, -0.2) is 47.9 Å². The molecule has 1 aliphatic rings. The van der Waals surface area contributed by atoms with Crippen LogP contribution >= 0.6 is 11.6 Å². The number of fused-ring (bicyclic) bond motifs is 1. The number of imidazole rings is 1.